The van der Waals surface area contributed by atoms with Gasteiger partial charge in [0.2, 0.25) is 0 Å². The molecule has 0 spiro atoms. The highest BCUT2D eigenvalue weighted by molar-refractivity contribution is 7.09. The first kappa shape index (κ1) is 11.3. The Labute approximate surface area is 99.3 Å². The lowest BCUT2D eigenvalue weighted by Crippen LogP contribution is -2.15. The van der Waals surface area contributed by atoms with Gasteiger partial charge < -0.3 is 5.32 Å². The number of rotatable bonds is 6. The molecular formula is C11H16N4S. The quantitative estimate of drug-likeness (QED) is 0.834. The lowest BCUT2D eigenvalue weighted by Gasteiger charge is -2.06. The summed E-state index contributed by atoms with van der Waals surface area (Å²) >= 11 is 1.68. The molecule has 0 aliphatic carbocycles. The average molecular weight is 236 g/mol. The van der Waals surface area contributed by atoms with E-state index in [9.17, 15) is 0 Å². The monoisotopic (exact) mass is 236 g/mol. The molecule has 5 heteroatoms. The largest absolute Gasteiger partial charge is 0.306 e. The van der Waals surface area contributed by atoms with Crippen LogP contribution in [0.3, 0.4) is 0 Å². The van der Waals surface area contributed by atoms with Gasteiger partial charge in [0.25, 0.3) is 0 Å². The molecule has 0 fully saturated rings. The molecule has 4 nitrogen and oxygen atoms in total. The molecule has 2 aromatic rings. The van der Waals surface area contributed by atoms with Crippen molar-refractivity contribution in [2.24, 2.45) is 0 Å². The summed E-state index contributed by atoms with van der Waals surface area (Å²) < 4.78 is 2.06. The summed E-state index contributed by atoms with van der Waals surface area (Å²) in [5.74, 6) is 0. The first-order valence-electron chi connectivity index (χ1n) is 5.49. The van der Waals surface area contributed by atoms with Gasteiger partial charge in [0.15, 0.2) is 0 Å². The van der Waals surface area contributed by atoms with Crippen LogP contribution in [0.5, 0.6) is 0 Å². The molecule has 0 saturated carbocycles. The summed E-state index contributed by atoms with van der Waals surface area (Å²) in [6.45, 7) is 4.89. The van der Waals surface area contributed by atoms with Gasteiger partial charge >= 0.3 is 0 Å². The minimum Gasteiger partial charge on any atom is -0.306 e. The van der Waals surface area contributed by atoms with E-state index in [-0.39, 0.29) is 0 Å². The van der Waals surface area contributed by atoms with Crippen LogP contribution in [0.1, 0.15) is 23.9 Å². The Morgan fingerprint density at radius 2 is 2.38 bits per heavy atom. The number of hydrogen-bond donors (Lipinski definition) is 1. The fraction of sp³-hybridized carbons (Fsp3) is 0.455. The molecule has 0 saturated heterocycles. The van der Waals surface area contributed by atoms with Crippen LogP contribution in [0.2, 0.25) is 0 Å². The van der Waals surface area contributed by atoms with Crippen molar-refractivity contribution in [3.8, 4) is 0 Å². The zero-order chi connectivity index (χ0) is 11.2. The molecule has 0 unspecified atom stereocenters. The minimum absolute atomic E-state index is 0.859. The molecule has 1 N–H and O–H groups in total. The zero-order valence-corrected chi connectivity index (χ0v) is 10.2. The maximum absolute atomic E-state index is 4.29. The maximum atomic E-state index is 4.29. The SMILES string of the molecule is CCCn1nccc1CNCc1cncs1. The lowest BCUT2D eigenvalue weighted by atomic mass is 10.4. The first-order chi connectivity index (χ1) is 7.90. The molecule has 0 aliphatic heterocycles. The van der Waals surface area contributed by atoms with Crippen LogP contribution in [-0.2, 0) is 19.6 Å². The standard InChI is InChI=1S/C11H16N4S/c1-2-5-15-10(3-4-14-15)6-12-7-11-8-13-9-16-11/h3-4,8-9,12H,2,5-7H2,1H3. The van der Waals surface area contributed by atoms with Crippen LogP contribution in [0.15, 0.2) is 24.0 Å². The highest BCUT2D eigenvalue weighted by Crippen LogP contribution is 2.05. The van der Waals surface area contributed by atoms with Crippen LogP contribution in [-0.4, -0.2) is 14.8 Å². The molecule has 0 atom stereocenters. The Morgan fingerprint density at radius 3 is 3.12 bits per heavy atom. The first-order valence-corrected chi connectivity index (χ1v) is 6.37. The van der Waals surface area contributed by atoms with Gasteiger partial charge in [0.05, 0.1) is 11.2 Å². The van der Waals surface area contributed by atoms with Crippen LogP contribution in [0, 0.1) is 0 Å². The van der Waals surface area contributed by atoms with E-state index in [4.69, 9.17) is 0 Å². The van der Waals surface area contributed by atoms with Crippen molar-refractivity contribution in [1.29, 1.82) is 0 Å². The fourth-order valence-corrected chi connectivity index (χ4v) is 2.13. The van der Waals surface area contributed by atoms with E-state index in [0.717, 1.165) is 26.1 Å². The van der Waals surface area contributed by atoms with Crippen molar-refractivity contribution in [2.75, 3.05) is 0 Å². The predicted molar refractivity (Wildman–Crippen MR) is 65.2 cm³/mol. The van der Waals surface area contributed by atoms with E-state index in [1.807, 2.05) is 17.9 Å². The third-order valence-corrected chi connectivity index (χ3v) is 3.11. The molecule has 2 aromatic heterocycles. The second-order valence-corrected chi connectivity index (χ2v) is 4.59. The van der Waals surface area contributed by atoms with Crippen molar-refractivity contribution in [3.63, 3.8) is 0 Å². The van der Waals surface area contributed by atoms with Gasteiger partial charge in [0, 0.05) is 36.9 Å². The second-order valence-electron chi connectivity index (χ2n) is 3.62. The molecule has 0 aromatic carbocycles. The number of thiazole rings is 1. The highest BCUT2D eigenvalue weighted by atomic mass is 32.1. The highest BCUT2D eigenvalue weighted by Gasteiger charge is 2.01. The summed E-state index contributed by atoms with van der Waals surface area (Å²) in [6, 6.07) is 2.06. The Kier molecular flexibility index (Phi) is 4.07. The van der Waals surface area contributed by atoms with Crippen LogP contribution < -0.4 is 5.32 Å². The maximum Gasteiger partial charge on any atom is 0.0794 e. The van der Waals surface area contributed by atoms with Gasteiger partial charge in [-0.05, 0) is 12.5 Å². The fourth-order valence-electron chi connectivity index (χ4n) is 1.57. The summed E-state index contributed by atoms with van der Waals surface area (Å²) in [5, 5.41) is 7.69. The van der Waals surface area contributed by atoms with Crippen molar-refractivity contribution < 1.29 is 0 Å². The second kappa shape index (κ2) is 5.77. The van der Waals surface area contributed by atoms with Gasteiger partial charge in [-0.25, -0.2) is 0 Å². The molecule has 86 valence electrons. The summed E-state index contributed by atoms with van der Waals surface area (Å²) in [6.07, 6.45) is 4.88. The number of nitrogens with one attached hydrogen (secondary N) is 1. The Hall–Kier alpha value is -1.20. The van der Waals surface area contributed by atoms with Gasteiger partial charge in [0.1, 0.15) is 0 Å². The number of nitrogens with zero attached hydrogens (tertiary/aromatic N) is 3. The topological polar surface area (TPSA) is 42.7 Å². The van der Waals surface area contributed by atoms with Gasteiger partial charge in [-0.15, -0.1) is 11.3 Å². The molecule has 0 radical (unpaired) electrons. The molecule has 0 amide bonds. The number of aromatic nitrogens is 3. The van der Waals surface area contributed by atoms with Gasteiger partial charge in [-0.2, -0.15) is 5.10 Å². The smallest absolute Gasteiger partial charge is 0.0794 e. The zero-order valence-electron chi connectivity index (χ0n) is 9.39. The molecule has 0 aliphatic rings. The van der Waals surface area contributed by atoms with E-state index in [2.05, 4.69) is 33.1 Å². The van der Waals surface area contributed by atoms with Crippen LogP contribution in [0.25, 0.3) is 0 Å². The third-order valence-electron chi connectivity index (χ3n) is 2.33. The van der Waals surface area contributed by atoms with E-state index in [1.54, 1.807) is 11.3 Å². The van der Waals surface area contributed by atoms with Crippen molar-refractivity contribution in [2.45, 2.75) is 33.0 Å². The predicted octanol–water partition coefficient (Wildman–Crippen LogP) is 2.04. The number of aryl methyl sites for hydroxylation is 1. The van der Waals surface area contributed by atoms with Crippen LogP contribution in [0.4, 0.5) is 0 Å². The molecule has 0 bridgehead atoms. The van der Waals surface area contributed by atoms with Crippen molar-refractivity contribution >= 4 is 11.3 Å². The van der Waals surface area contributed by atoms with E-state index < -0.39 is 0 Å². The molecule has 16 heavy (non-hydrogen) atoms. The van der Waals surface area contributed by atoms with Crippen molar-refractivity contribution in [1.82, 2.24) is 20.1 Å². The number of hydrogen-bond acceptors (Lipinski definition) is 4. The molecule has 2 heterocycles. The normalized spacial score (nSPS) is 10.8. The Balaban J connectivity index is 1.82. The van der Waals surface area contributed by atoms with Crippen molar-refractivity contribution in [3.05, 3.63) is 34.5 Å². The summed E-state index contributed by atoms with van der Waals surface area (Å²) in [4.78, 5) is 5.31. The average Bonchev–Trinajstić information content (AvgIpc) is 2.91. The molecular weight excluding hydrogens is 220 g/mol. The Bertz CT molecular complexity index is 407. The summed E-state index contributed by atoms with van der Waals surface area (Å²) in [5.41, 5.74) is 3.10. The van der Waals surface area contributed by atoms with E-state index >= 15 is 0 Å². The lowest BCUT2D eigenvalue weighted by molar-refractivity contribution is 0.550. The van der Waals surface area contributed by atoms with Crippen LogP contribution >= 0.6 is 11.3 Å². The minimum atomic E-state index is 0.859. The van der Waals surface area contributed by atoms with E-state index in [1.165, 1.54) is 10.6 Å². The Morgan fingerprint density at radius 1 is 1.44 bits per heavy atom. The van der Waals surface area contributed by atoms with Gasteiger partial charge in [-0.1, -0.05) is 6.92 Å². The summed E-state index contributed by atoms with van der Waals surface area (Å²) in [7, 11) is 0. The van der Waals surface area contributed by atoms with E-state index in [0.29, 0.717) is 0 Å². The molecule has 2 rings (SSSR count). The third kappa shape index (κ3) is 2.90. The van der Waals surface area contributed by atoms with Gasteiger partial charge in [-0.3, -0.25) is 9.67 Å².